The van der Waals surface area contributed by atoms with Gasteiger partial charge < -0.3 is 5.32 Å². The Balaban J connectivity index is 1.79. The number of anilines is 1. The smallest absolute Gasteiger partial charge is 0.281 e. The summed E-state index contributed by atoms with van der Waals surface area (Å²) in [5.41, 5.74) is 2.87. The molecular weight excluding hydrogens is 290 g/mol. The molecule has 1 aliphatic rings. The van der Waals surface area contributed by atoms with E-state index in [9.17, 15) is 4.79 Å². The van der Waals surface area contributed by atoms with Gasteiger partial charge in [-0.1, -0.05) is 43.7 Å². The molecule has 1 atom stereocenters. The zero-order chi connectivity index (χ0) is 16.1. The Morgan fingerprint density at radius 3 is 2.70 bits per heavy atom. The predicted octanol–water partition coefficient (Wildman–Crippen LogP) is 2.49. The maximum Gasteiger partial charge on any atom is 0.281 e. The normalized spacial score (nSPS) is 16.8. The number of aromatic nitrogens is 4. The van der Waals surface area contributed by atoms with E-state index in [2.05, 4.69) is 46.6 Å². The van der Waals surface area contributed by atoms with Crippen LogP contribution in [0.4, 0.5) is 5.95 Å². The number of fused-ring (bicyclic) bond motifs is 2. The second kappa shape index (κ2) is 4.94. The molecule has 23 heavy (non-hydrogen) atoms. The van der Waals surface area contributed by atoms with Gasteiger partial charge >= 0.3 is 0 Å². The zero-order valence-corrected chi connectivity index (χ0v) is 13.4. The van der Waals surface area contributed by atoms with Crippen molar-refractivity contribution in [2.75, 3.05) is 5.32 Å². The van der Waals surface area contributed by atoms with Gasteiger partial charge in [-0.15, -0.1) is 5.10 Å². The Hall–Kier alpha value is -2.63. The summed E-state index contributed by atoms with van der Waals surface area (Å²) in [7, 11) is 0. The third-order valence-electron chi connectivity index (χ3n) is 4.34. The van der Waals surface area contributed by atoms with Crippen LogP contribution in [0, 0.1) is 6.92 Å². The molecule has 6 nitrogen and oxygen atoms in total. The Bertz CT molecular complexity index is 936. The van der Waals surface area contributed by atoms with Gasteiger partial charge in [-0.2, -0.15) is 0 Å². The van der Waals surface area contributed by atoms with E-state index in [1.54, 1.807) is 15.3 Å². The molecule has 3 heterocycles. The van der Waals surface area contributed by atoms with Gasteiger partial charge in [0.15, 0.2) is 5.52 Å². The summed E-state index contributed by atoms with van der Waals surface area (Å²) in [6, 6.07) is 8.43. The minimum atomic E-state index is -0.0449. The molecule has 1 aromatic carbocycles. The summed E-state index contributed by atoms with van der Waals surface area (Å²) in [6.45, 7) is 6.74. The maximum absolute atomic E-state index is 12.7. The average molecular weight is 309 g/mol. The fourth-order valence-corrected chi connectivity index (χ4v) is 3.04. The van der Waals surface area contributed by atoms with Gasteiger partial charge in [0.05, 0.1) is 18.8 Å². The second-order valence-corrected chi connectivity index (χ2v) is 6.42. The summed E-state index contributed by atoms with van der Waals surface area (Å²) in [6.07, 6.45) is 1.62. The third kappa shape index (κ3) is 2.13. The number of benzene rings is 1. The van der Waals surface area contributed by atoms with Gasteiger partial charge in [0.25, 0.3) is 5.56 Å². The van der Waals surface area contributed by atoms with Crippen LogP contribution in [0.1, 0.15) is 42.8 Å². The lowest BCUT2D eigenvalue weighted by Crippen LogP contribution is -2.22. The van der Waals surface area contributed by atoms with Crippen molar-refractivity contribution in [3.8, 4) is 0 Å². The highest BCUT2D eigenvalue weighted by atomic mass is 16.1. The molecule has 0 saturated carbocycles. The highest BCUT2D eigenvalue weighted by molar-refractivity contribution is 5.48. The topological polar surface area (TPSA) is 64.2 Å². The van der Waals surface area contributed by atoms with Crippen LogP contribution in [-0.4, -0.2) is 19.2 Å². The highest BCUT2D eigenvalue weighted by Crippen LogP contribution is 2.27. The van der Waals surface area contributed by atoms with Crippen LogP contribution >= 0.6 is 0 Å². The van der Waals surface area contributed by atoms with Crippen LogP contribution in [0.25, 0.3) is 5.52 Å². The molecule has 4 rings (SSSR count). The van der Waals surface area contributed by atoms with Gasteiger partial charge in [-0.05, 0) is 12.5 Å². The largest absolute Gasteiger partial charge is 0.346 e. The fraction of sp³-hybridized carbons (Fsp3) is 0.353. The lowest BCUT2D eigenvalue weighted by atomic mass is 10.1. The van der Waals surface area contributed by atoms with Gasteiger partial charge in [0.1, 0.15) is 5.82 Å². The van der Waals surface area contributed by atoms with Crippen molar-refractivity contribution >= 4 is 11.5 Å². The van der Waals surface area contributed by atoms with Crippen molar-refractivity contribution in [3.05, 3.63) is 57.8 Å². The quantitative estimate of drug-likeness (QED) is 0.790. The highest BCUT2D eigenvalue weighted by Gasteiger charge is 2.26. The minimum Gasteiger partial charge on any atom is -0.346 e. The van der Waals surface area contributed by atoms with Crippen molar-refractivity contribution in [2.45, 2.75) is 39.3 Å². The minimum absolute atomic E-state index is 0.0449. The summed E-state index contributed by atoms with van der Waals surface area (Å²) in [4.78, 5) is 17.1. The first-order valence-electron chi connectivity index (χ1n) is 7.86. The number of imidazole rings is 1. The van der Waals surface area contributed by atoms with E-state index in [0.717, 1.165) is 11.4 Å². The van der Waals surface area contributed by atoms with Gasteiger partial charge in [-0.3, -0.25) is 9.36 Å². The average Bonchev–Trinajstić information content (AvgIpc) is 3.12. The number of nitrogens with zero attached hydrogens (tertiary/aromatic N) is 4. The molecule has 3 aromatic rings. The van der Waals surface area contributed by atoms with E-state index in [1.165, 1.54) is 5.56 Å². The first-order chi connectivity index (χ1) is 11.0. The Morgan fingerprint density at radius 2 is 2.00 bits per heavy atom. The Morgan fingerprint density at radius 1 is 1.26 bits per heavy atom. The Kier molecular flexibility index (Phi) is 3.01. The number of rotatable bonds is 2. The van der Waals surface area contributed by atoms with E-state index >= 15 is 0 Å². The SMILES string of the molecule is Cc1ccc([C@H]2Cn3c(nn4c(C(C)C)ncc4c3=O)N2)cc1. The molecule has 0 unspecified atom stereocenters. The van der Waals surface area contributed by atoms with Crippen molar-refractivity contribution in [3.63, 3.8) is 0 Å². The summed E-state index contributed by atoms with van der Waals surface area (Å²) < 4.78 is 3.37. The van der Waals surface area contributed by atoms with Crippen LogP contribution in [0.15, 0.2) is 35.3 Å². The van der Waals surface area contributed by atoms with Crippen molar-refractivity contribution in [1.82, 2.24) is 19.2 Å². The molecule has 118 valence electrons. The number of nitrogens with one attached hydrogen (secondary N) is 1. The van der Waals surface area contributed by atoms with Gasteiger partial charge in [0.2, 0.25) is 5.95 Å². The molecule has 0 bridgehead atoms. The molecule has 1 N–H and O–H groups in total. The number of hydrogen-bond donors (Lipinski definition) is 1. The standard InChI is InChI=1S/C17H19N5O/c1-10(2)15-18-8-14-16(23)21-9-13(19-17(21)20-22(14)15)12-6-4-11(3)5-7-12/h4-8,10,13H,9H2,1-3H3,(H,19,20)/t13-/m1/s1. The van der Waals surface area contributed by atoms with Crippen LogP contribution < -0.4 is 10.9 Å². The van der Waals surface area contributed by atoms with Crippen LogP contribution in [0.5, 0.6) is 0 Å². The fourth-order valence-electron chi connectivity index (χ4n) is 3.04. The molecule has 0 spiro atoms. The first kappa shape index (κ1) is 14.0. The van der Waals surface area contributed by atoms with Crippen LogP contribution in [0.3, 0.4) is 0 Å². The maximum atomic E-state index is 12.7. The van der Waals surface area contributed by atoms with E-state index in [-0.39, 0.29) is 17.5 Å². The molecule has 0 fully saturated rings. The molecular formula is C17H19N5O. The predicted molar refractivity (Wildman–Crippen MR) is 88.9 cm³/mol. The van der Waals surface area contributed by atoms with Crippen LogP contribution in [-0.2, 0) is 6.54 Å². The zero-order valence-electron chi connectivity index (χ0n) is 13.4. The summed E-state index contributed by atoms with van der Waals surface area (Å²) in [5.74, 6) is 1.62. The van der Waals surface area contributed by atoms with E-state index in [0.29, 0.717) is 18.0 Å². The molecule has 0 saturated heterocycles. The summed E-state index contributed by atoms with van der Waals surface area (Å²) in [5, 5.41) is 7.96. The molecule has 2 aromatic heterocycles. The van der Waals surface area contributed by atoms with Crippen molar-refractivity contribution < 1.29 is 0 Å². The molecule has 0 amide bonds. The number of aryl methyl sites for hydroxylation is 1. The van der Waals surface area contributed by atoms with Crippen LogP contribution in [0.2, 0.25) is 0 Å². The van der Waals surface area contributed by atoms with Gasteiger partial charge in [-0.25, -0.2) is 9.50 Å². The van der Waals surface area contributed by atoms with E-state index < -0.39 is 0 Å². The molecule has 6 heteroatoms. The Labute approximate surface area is 133 Å². The molecule has 1 aliphatic heterocycles. The molecule has 0 radical (unpaired) electrons. The lowest BCUT2D eigenvalue weighted by Gasteiger charge is -2.10. The van der Waals surface area contributed by atoms with E-state index in [1.807, 2.05) is 13.8 Å². The van der Waals surface area contributed by atoms with Crippen molar-refractivity contribution in [2.24, 2.45) is 0 Å². The second-order valence-electron chi connectivity index (χ2n) is 6.42. The first-order valence-corrected chi connectivity index (χ1v) is 7.86. The third-order valence-corrected chi connectivity index (χ3v) is 4.34. The monoisotopic (exact) mass is 309 g/mol. The molecule has 0 aliphatic carbocycles. The summed E-state index contributed by atoms with van der Waals surface area (Å²) >= 11 is 0. The van der Waals surface area contributed by atoms with E-state index in [4.69, 9.17) is 0 Å². The van der Waals surface area contributed by atoms with Gasteiger partial charge in [0, 0.05) is 5.92 Å². The van der Waals surface area contributed by atoms with Crippen molar-refractivity contribution in [1.29, 1.82) is 0 Å². The number of hydrogen-bond acceptors (Lipinski definition) is 4. The lowest BCUT2D eigenvalue weighted by molar-refractivity contribution is 0.651.